The van der Waals surface area contributed by atoms with E-state index in [-0.39, 0.29) is 30.4 Å². The maximum Gasteiger partial charge on any atom is 0.243 e. The zero-order valence-electron chi connectivity index (χ0n) is 17.6. The highest BCUT2D eigenvalue weighted by molar-refractivity contribution is 7.92. The first-order chi connectivity index (χ1) is 14.8. The number of rotatable bonds is 8. The van der Waals surface area contributed by atoms with E-state index in [9.17, 15) is 18.0 Å². The minimum absolute atomic E-state index is 0.0210. The van der Waals surface area contributed by atoms with Crippen molar-refractivity contribution in [2.24, 2.45) is 5.10 Å². The molecule has 0 saturated heterocycles. The fourth-order valence-corrected chi connectivity index (χ4v) is 3.85. The molecule has 0 atom stereocenters. The molecule has 0 spiro atoms. The van der Waals surface area contributed by atoms with Crippen LogP contribution < -0.4 is 10.0 Å². The Morgan fingerprint density at radius 1 is 1.10 bits per heavy atom. The Hall–Kier alpha value is -3.20. The average molecular weight is 443 g/mol. The predicted molar refractivity (Wildman–Crippen MR) is 121 cm³/mol. The topological polar surface area (TPSA) is 108 Å². The number of carbonyl (C=O) groups excluding carboxylic acids is 2. The Bertz CT molecular complexity index is 1100. The van der Waals surface area contributed by atoms with E-state index in [0.717, 1.165) is 11.3 Å². The number of anilines is 2. The van der Waals surface area contributed by atoms with Crippen LogP contribution in [0.15, 0.2) is 53.6 Å². The molecule has 0 radical (unpaired) electrons. The van der Waals surface area contributed by atoms with Gasteiger partial charge >= 0.3 is 0 Å². The van der Waals surface area contributed by atoms with E-state index in [2.05, 4.69) is 15.1 Å². The highest BCUT2D eigenvalue weighted by Gasteiger charge is 2.22. The lowest BCUT2D eigenvalue weighted by molar-refractivity contribution is -0.132. The smallest absolute Gasteiger partial charge is 0.243 e. The second-order valence-electron chi connectivity index (χ2n) is 7.26. The molecule has 3 rings (SSSR count). The molecular formula is C22H26N4O4S. The summed E-state index contributed by atoms with van der Waals surface area (Å²) in [5.41, 5.74) is 3.56. The first-order valence-corrected chi connectivity index (χ1v) is 11.8. The van der Waals surface area contributed by atoms with Crippen molar-refractivity contribution in [3.05, 3.63) is 59.7 Å². The minimum Gasteiger partial charge on any atom is -0.326 e. The van der Waals surface area contributed by atoms with Gasteiger partial charge in [-0.25, -0.2) is 13.4 Å². The second-order valence-corrected chi connectivity index (χ2v) is 9.27. The zero-order valence-corrected chi connectivity index (χ0v) is 18.4. The van der Waals surface area contributed by atoms with Crippen molar-refractivity contribution < 1.29 is 18.0 Å². The number of amides is 2. The molecule has 8 nitrogen and oxygen atoms in total. The molecule has 2 N–H and O–H groups in total. The minimum atomic E-state index is -3.37. The molecular weight excluding hydrogens is 416 g/mol. The number of nitrogens with zero attached hydrogens (tertiary/aromatic N) is 2. The van der Waals surface area contributed by atoms with Crippen molar-refractivity contribution in [1.82, 2.24) is 5.01 Å². The first-order valence-electron chi connectivity index (χ1n) is 10.1. The molecule has 2 amide bonds. The van der Waals surface area contributed by atoms with Gasteiger partial charge in [0.05, 0.1) is 23.7 Å². The van der Waals surface area contributed by atoms with Crippen LogP contribution in [0.3, 0.4) is 0 Å². The molecule has 2 aromatic rings. The first kappa shape index (κ1) is 22.5. The lowest BCUT2D eigenvalue weighted by atomic mass is 10.1. The Labute approximate surface area is 182 Å². The number of hydrazone groups is 1. The SMILES string of the molecule is CCS(=O)(=O)Nc1ccc(NC(=O)CCC(=O)N2CCC(c3ccccc3)=N2)cc1C. The number of hydrogen-bond acceptors (Lipinski definition) is 5. The predicted octanol–water partition coefficient (Wildman–Crippen LogP) is 3.11. The fourth-order valence-electron chi connectivity index (χ4n) is 3.14. The van der Waals surface area contributed by atoms with Crippen LogP contribution in [0.1, 0.15) is 37.3 Å². The maximum absolute atomic E-state index is 12.4. The molecule has 1 aliphatic heterocycles. The van der Waals surface area contributed by atoms with Crippen LogP contribution in [0.4, 0.5) is 11.4 Å². The third-order valence-corrected chi connectivity index (χ3v) is 6.21. The Balaban J connectivity index is 1.52. The number of hydrogen-bond donors (Lipinski definition) is 2. The second kappa shape index (κ2) is 9.74. The van der Waals surface area contributed by atoms with Gasteiger partial charge in [-0.2, -0.15) is 5.10 Å². The number of aryl methyl sites for hydroxylation is 1. The average Bonchev–Trinajstić information content (AvgIpc) is 3.25. The molecule has 164 valence electrons. The summed E-state index contributed by atoms with van der Waals surface area (Å²) in [4.78, 5) is 24.7. The summed E-state index contributed by atoms with van der Waals surface area (Å²) >= 11 is 0. The van der Waals surface area contributed by atoms with E-state index >= 15 is 0 Å². The van der Waals surface area contributed by atoms with E-state index < -0.39 is 10.0 Å². The van der Waals surface area contributed by atoms with Crippen molar-refractivity contribution in [2.75, 3.05) is 22.3 Å². The molecule has 2 aromatic carbocycles. The molecule has 0 aliphatic carbocycles. The molecule has 1 heterocycles. The van der Waals surface area contributed by atoms with E-state index in [1.165, 1.54) is 5.01 Å². The highest BCUT2D eigenvalue weighted by atomic mass is 32.2. The van der Waals surface area contributed by atoms with Crippen LogP contribution in [-0.4, -0.2) is 43.3 Å². The normalized spacial score (nSPS) is 13.6. The summed E-state index contributed by atoms with van der Waals surface area (Å²) in [5, 5.41) is 8.56. The number of benzene rings is 2. The Morgan fingerprint density at radius 2 is 1.84 bits per heavy atom. The van der Waals surface area contributed by atoms with Gasteiger partial charge in [0.25, 0.3) is 0 Å². The molecule has 0 bridgehead atoms. The van der Waals surface area contributed by atoms with Crippen LogP contribution in [0.5, 0.6) is 0 Å². The lowest BCUT2D eigenvalue weighted by Crippen LogP contribution is -2.25. The van der Waals surface area contributed by atoms with Gasteiger partial charge in [-0.05, 0) is 43.2 Å². The monoisotopic (exact) mass is 442 g/mol. The number of sulfonamides is 1. The summed E-state index contributed by atoms with van der Waals surface area (Å²) in [6.45, 7) is 3.82. The van der Waals surface area contributed by atoms with Crippen molar-refractivity contribution in [1.29, 1.82) is 0 Å². The third kappa shape index (κ3) is 6.14. The van der Waals surface area contributed by atoms with Crippen LogP contribution in [0.2, 0.25) is 0 Å². The third-order valence-electron chi connectivity index (χ3n) is 4.92. The van der Waals surface area contributed by atoms with Crippen molar-refractivity contribution >= 4 is 38.9 Å². The van der Waals surface area contributed by atoms with Gasteiger partial charge in [-0.3, -0.25) is 14.3 Å². The summed E-state index contributed by atoms with van der Waals surface area (Å²) in [6, 6.07) is 14.6. The maximum atomic E-state index is 12.4. The fraction of sp³-hybridized carbons (Fsp3) is 0.318. The van der Waals surface area contributed by atoms with Gasteiger partial charge in [0.1, 0.15) is 0 Å². The van der Waals surface area contributed by atoms with Gasteiger partial charge < -0.3 is 5.32 Å². The van der Waals surface area contributed by atoms with Crippen LogP contribution in [-0.2, 0) is 19.6 Å². The van der Waals surface area contributed by atoms with Crippen LogP contribution >= 0.6 is 0 Å². The molecule has 0 saturated carbocycles. The van der Waals surface area contributed by atoms with Gasteiger partial charge in [0.15, 0.2) is 0 Å². The van der Waals surface area contributed by atoms with E-state index in [1.807, 2.05) is 30.3 Å². The summed E-state index contributed by atoms with van der Waals surface area (Å²) in [5.74, 6) is -0.505. The molecule has 1 aliphatic rings. The van der Waals surface area contributed by atoms with Crippen molar-refractivity contribution in [2.45, 2.75) is 33.1 Å². The standard InChI is InChI=1S/C22H26N4O4S/c1-3-31(29,30)25-19-10-9-18(15-16(19)2)23-21(27)11-12-22(28)26-14-13-20(24-26)17-7-5-4-6-8-17/h4-10,15,25H,3,11-14H2,1-2H3,(H,23,27). The van der Waals surface area contributed by atoms with E-state index in [4.69, 9.17) is 0 Å². The Morgan fingerprint density at radius 3 is 2.52 bits per heavy atom. The van der Waals surface area contributed by atoms with Gasteiger partial charge in [-0.1, -0.05) is 30.3 Å². The molecule has 9 heteroatoms. The van der Waals surface area contributed by atoms with E-state index in [0.29, 0.717) is 29.9 Å². The summed E-state index contributed by atoms with van der Waals surface area (Å²) < 4.78 is 25.9. The van der Waals surface area contributed by atoms with Gasteiger partial charge in [-0.15, -0.1) is 0 Å². The molecule has 0 fully saturated rings. The number of nitrogens with one attached hydrogen (secondary N) is 2. The lowest BCUT2D eigenvalue weighted by Gasteiger charge is -2.13. The van der Waals surface area contributed by atoms with Gasteiger partial charge in [0.2, 0.25) is 21.8 Å². The largest absolute Gasteiger partial charge is 0.326 e. The van der Waals surface area contributed by atoms with Crippen LogP contribution in [0.25, 0.3) is 0 Å². The van der Waals surface area contributed by atoms with Gasteiger partial charge in [0, 0.05) is 24.9 Å². The number of carbonyl (C=O) groups is 2. The molecule has 31 heavy (non-hydrogen) atoms. The van der Waals surface area contributed by atoms with Crippen molar-refractivity contribution in [3.63, 3.8) is 0 Å². The zero-order chi connectivity index (χ0) is 22.4. The molecule has 0 unspecified atom stereocenters. The van der Waals surface area contributed by atoms with Crippen LogP contribution in [0, 0.1) is 6.92 Å². The van der Waals surface area contributed by atoms with E-state index in [1.54, 1.807) is 32.0 Å². The van der Waals surface area contributed by atoms with Crippen molar-refractivity contribution in [3.8, 4) is 0 Å². The highest BCUT2D eigenvalue weighted by Crippen LogP contribution is 2.21. The Kier molecular flexibility index (Phi) is 7.06. The quantitative estimate of drug-likeness (QED) is 0.655. The summed E-state index contributed by atoms with van der Waals surface area (Å²) in [6.07, 6.45) is 0.787. The molecule has 0 aromatic heterocycles. The summed E-state index contributed by atoms with van der Waals surface area (Å²) in [7, 11) is -3.37.